The van der Waals surface area contributed by atoms with Crippen LogP contribution in [0.1, 0.15) is 43.0 Å². The number of rotatable bonds is 7. The summed E-state index contributed by atoms with van der Waals surface area (Å²) in [5, 5.41) is 0. The van der Waals surface area contributed by atoms with E-state index in [-0.39, 0.29) is 5.91 Å². The predicted molar refractivity (Wildman–Crippen MR) is 98.7 cm³/mol. The molecule has 5 nitrogen and oxygen atoms in total. The number of unbranched alkanes of at least 4 members (excludes halogenated alkanes) is 1. The average Bonchev–Trinajstić information content (AvgIpc) is 2.60. The molecule has 24 heavy (non-hydrogen) atoms. The number of aromatic nitrogens is 2. The number of para-hydroxylation sites is 1. The van der Waals surface area contributed by atoms with Gasteiger partial charge >= 0.3 is 0 Å². The molecule has 1 amide bonds. The van der Waals surface area contributed by atoms with Crippen molar-refractivity contribution in [3.8, 4) is 0 Å². The number of carbonyl (C=O) groups is 1. The largest absolute Gasteiger partial charge is 0.360 e. The van der Waals surface area contributed by atoms with Gasteiger partial charge in [0.05, 0.1) is 0 Å². The van der Waals surface area contributed by atoms with Gasteiger partial charge < -0.3 is 9.80 Å². The van der Waals surface area contributed by atoms with Gasteiger partial charge in [-0.05, 0) is 32.4 Å². The molecule has 5 heteroatoms. The molecular weight excluding hydrogens is 300 g/mol. The fourth-order valence-electron chi connectivity index (χ4n) is 2.56. The zero-order valence-electron chi connectivity index (χ0n) is 15.0. The van der Waals surface area contributed by atoms with Gasteiger partial charge in [0.2, 0.25) is 0 Å². The molecule has 0 aliphatic heterocycles. The van der Waals surface area contributed by atoms with E-state index >= 15 is 0 Å². The van der Waals surface area contributed by atoms with E-state index in [1.165, 1.54) is 0 Å². The first-order chi connectivity index (χ1) is 11.6. The Morgan fingerprint density at radius 1 is 1.12 bits per heavy atom. The molecule has 0 atom stereocenters. The second-order valence-electron chi connectivity index (χ2n) is 5.82. The lowest BCUT2D eigenvalue weighted by molar-refractivity contribution is 0.0983. The van der Waals surface area contributed by atoms with Crippen molar-refractivity contribution in [2.24, 2.45) is 0 Å². The molecule has 0 unspecified atom stereocenters. The molecule has 1 heterocycles. The SMILES string of the molecule is CCCCN(C)c1cc(C(=O)N(CC)c2ccccc2)nc(C)n1. The maximum Gasteiger partial charge on any atom is 0.277 e. The minimum absolute atomic E-state index is 0.0978. The number of aryl methyl sites for hydroxylation is 1. The fourth-order valence-corrected chi connectivity index (χ4v) is 2.56. The zero-order valence-corrected chi connectivity index (χ0v) is 15.0. The zero-order chi connectivity index (χ0) is 17.5. The molecule has 0 saturated carbocycles. The highest BCUT2D eigenvalue weighted by Crippen LogP contribution is 2.18. The summed E-state index contributed by atoms with van der Waals surface area (Å²) in [7, 11) is 2.00. The predicted octanol–water partition coefficient (Wildman–Crippen LogP) is 3.69. The Morgan fingerprint density at radius 2 is 1.83 bits per heavy atom. The van der Waals surface area contributed by atoms with Crippen molar-refractivity contribution in [3.63, 3.8) is 0 Å². The molecule has 0 aliphatic carbocycles. The molecule has 0 N–H and O–H groups in total. The molecule has 128 valence electrons. The highest BCUT2D eigenvalue weighted by Gasteiger charge is 2.19. The summed E-state index contributed by atoms with van der Waals surface area (Å²) in [6.07, 6.45) is 2.21. The summed E-state index contributed by atoms with van der Waals surface area (Å²) in [5.74, 6) is 1.31. The van der Waals surface area contributed by atoms with Gasteiger partial charge in [-0.2, -0.15) is 0 Å². The third kappa shape index (κ3) is 4.31. The van der Waals surface area contributed by atoms with E-state index in [1.54, 1.807) is 11.0 Å². The lowest BCUT2D eigenvalue weighted by atomic mass is 10.2. The van der Waals surface area contributed by atoms with E-state index in [0.717, 1.165) is 30.9 Å². The normalized spacial score (nSPS) is 10.5. The van der Waals surface area contributed by atoms with E-state index < -0.39 is 0 Å². The Kier molecular flexibility index (Phi) is 6.29. The van der Waals surface area contributed by atoms with Crippen LogP contribution in [0.25, 0.3) is 0 Å². The third-order valence-electron chi connectivity index (χ3n) is 3.91. The van der Waals surface area contributed by atoms with Crippen LogP contribution in [-0.4, -0.2) is 36.0 Å². The number of hydrogen-bond acceptors (Lipinski definition) is 4. The van der Waals surface area contributed by atoms with Crippen LogP contribution in [0.3, 0.4) is 0 Å². The first-order valence-corrected chi connectivity index (χ1v) is 8.50. The lowest BCUT2D eigenvalue weighted by Crippen LogP contribution is -2.32. The van der Waals surface area contributed by atoms with Crippen molar-refractivity contribution >= 4 is 17.4 Å². The second-order valence-corrected chi connectivity index (χ2v) is 5.82. The van der Waals surface area contributed by atoms with Crippen LogP contribution in [0, 0.1) is 6.92 Å². The van der Waals surface area contributed by atoms with Crippen LogP contribution in [-0.2, 0) is 0 Å². The number of anilines is 2. The molecule has 2 rings (SSSR count). The van der Waals surface area contributed by atoms with Gasteiger partial charge in [-0.3, -0.25) is 4.79 Å². The van der Waals surface area contributed by atoms with Crippen LogP contribution in [0.5, 0.6) is 0 Å². The van der Waals surface area contributed by atoms with Crippen LogP contribution in [0.15, 0.2) is 36.4 Å². The van der Waals surface area contributed by atoms with Gasteiger partial charge in [-0.1, -0.05) is 31.5 Å². The topological polar surface area (TPSA) is 49.3 Å². The van der Waals surface area contributed by atoms with Crippen molar-refractivity contribution in [2.75, 3.05) is 29.9 Å². The molecule has 1 aromatic carbocycles. The first-order valence-electron chi connectivity index (χ1n) is 8.50. The molecule has 1 aromatic heterocycles. The smallest absolute Gasteiger partial charge is 0.277 e. The summed E-state index contributed by atoms with van der Waals surface area (Å²) < 4.78 is 0. The van der Waals surface area contributed by atoms with E-state index in [2.05, 4.69) is 21.8 Å². The molecule has 0 aliphatic rings. The summed E-state index contributed by atoms with van der Waals surface area (Å²) in [6.45, 7) is 7.46. The van der Waals surface area contributed by atoms with Crippen molar-refractivity contribution < 1.29 is 4.79 Å². The minimum atomic E-state index is -0.0978. The quantitative estimate of drug-likeness (QED) is 0.778. The van der Waals surface area contributed by atoms with Crippen LogP contribution >= 0.6 is 0 Å². The van der Waals surface area contributed by atoms with Crippen molar-refractivity contribution in [1.29, 1.82) is 0 Å². The van der Waals surface area contributed by atoms with Crippen molar-refractivity contribution in [1.82, 2.24) is 9.97 Å². The van der Waals surface area contributed by atoms with Crippen LogP contribution < -0.4 is 9.80 Å². The van der Waals surface area contributed by atoms with E-state index in [1.807, 2.05) is 51.2 Å². The maximum absolute atomic E-state index is 12.9. The third-order valence-corrected chi connectivity index (χ3v) is 3.91. The van der Waals surface area contributed by atoms with Gasteiger partial charge in [0.15, 0.2) is 0 Å². The first kappa shape index (κ1) is 17.9. The molecule has 0 radical (unpaired) electrons. The summed E-state index contributed by atoms with van der Waals surface area (Å²) in [4.78, 5) is 25.6. The molecule has 0 fully saturated rings. The maximum atomic E-state index is 12.9. The summed E-state index contributed by atoms with van der Waals surface area (Å²) in [5.41, 5.74) is 1.31. The number of carbonyl (C=O) groups excluding carboxylic acids is 1. The van der Waals surface area contributed by atoms with Gasteiger partial charge in [0.1, 0.15) is 17.3 Å². The Balaban J connectivity index is 2.30. The van der Waals surface area contributed by atoms with Crippen molar-refractivity contribution in [3.05, 3.63) is 47.9 Å². The minimum Gasteiger partial charge on any atom is -0.360 e. The van der Waals surface area contributed by atoms with Crippen molar-refractivity contribution in [2.45, 2.75) is 33.6 Å². The Labute approximate surface area is 144 Å². The molecule has 0 bridgehead atoms. The molecule has 2 aromatic rings. The number of amides is 1. The Hall–Kier alpha value is -2.43. The fraction of sp³-hybridized carbons (Fsp3) is 0.421. The highest BCUT2D eigenvalue weighted by molar-refractivity contribution is 6.05. The number of nitrogens with zero attached hydrogens (tertiary/aromatic N) is 4. The number of hydrogen-bond donors (Lipinski definition) is 0. The lowest BCUT2D eigenvalue weighted by Gasteiger charge is -2.22. The summed E-state index contributed by atoms with van der Waals surface area (Å²) in [6, 6.07) is 11.5. The van der Waals surface area contributed by atoms with Gasteiger partial charge in [0, 0.05) is 31.9 Å². The van der Waals surface area contributed by atoms with Gasteiger partial charge in [0.25, 0.3) is 5.91 Å². The van der Waals surface area contributed by atoms with E-state index in [9.17, 15) is 4.79 Å². The van der Waals surface area contributed by atoms with Gasteiger partial charge in [-0.25, -0.2) is 9.97 Å². The molecule has 0 saturated heterocycles. The van der Waals surface area contributed by atoms with Crippen LogP contribution in [0.4, 0.5) is 11.5 Å². The van der Waals surface area contributed by atoms with E-state index in [4.69, 9.17) is 0 Å². The van der Waals surface area contributed by atoms with Gasteiger partial charge in [-0.15, -0.1) is 0 Å². The van der Waals surface area contributed by atoms with E-state index in [0.29, 0.717) is 18.1 Å². The Morgan fingerprint density at radius 3 is 2.46 bits per heavy atom. The molecular formula is C19H26N4O. The number of benzene rings is 1. The monoisotopic (exact) mass is 326 g/mol. The summed E-state index contributed by atoms with van der Waals surface area (Å²) >= 11 is 0. The second kappa shape index (κ2) is 8.43. The highest BCUT2D eigenvalue weighted by atomic mass is 16.2. The standard InChI is InChI=1S/C19H26N4O/c1-5-7-13-22(4)18-14-17(20-15(3)21-18)19(24)23(6-2)16-11-9-8-10-12-16/h8-12,14H,5-7,13H2,1-4H3. The Bertz CT molecular complexity index is 672. The molecule has 0 spiro atoms. The van der Waals surface area contributed by atoms with Crippen LogP contribution in [0.2, 0.25) is 0 Å². The average molecular weight is 326 g/mol.